The molecule has 4 rings (SSSR count). The van der Waals surface area contributed by atoms with Gasteiger partial charge in [0.15, 0.2) is 0 Å². The number of carbonyl (C=O) groups excluding carboxylic acids is 1. The maximum absolute atomic E-state index is 12.8. The van der Waals surface area contributed by atoms with E-state index in [2.05, 4.69) is 30.1 Å². The fourth-order valence-electron chi connectivity index (χ4n) is 3.12. The first-order valence-electron chi connectivity index (χ1n) is 7.22. The van der Waals surface area contributed by atoms with Gasteiger partial charge in [-0.1, -0.05) is 29.8 Å². The highest BCUT2D eigenvalue weighted by Gasteiger charge is 2.28. The molecule has 1 aliphatic rings. The lowest BCUT2D eigenvalue weighted by Crippen LogP contribution is -2.37. The molecule has 3 aromatic rings. The molecule has 3 heteroatoms. The summed E-state index contributed by atoms with van der Waals surface area (Å²) >= 11 is 0. The summed E-state index contributed by atoms with van der Waals surface area (Å²) < 4.78 is 0. The lowest BCUT2D eigenvalue weighted by atomic mass is 10.0. The second-order valence-corrected chi connectivity index (χ2v) is 5.57. The van der Waals surface area contributed by atoms with Crippen LogP contribution in [-0.4, -0.2) is 17.4 Å². The zero-order chi connectivity index (χ0) is 14.4. The van der Waals surface area contributed by atoms with E-state index in [1.807, 2.05) is 35.2 Å². The molecule has 104 valence electrons. The van der Waals surface area contributed by atoms with Crippen molar-refractivity contribution in [1.82, 2.24) is 4.98 Å². The van der Waals surface area contributed by atoms with Gasteiger partial charge in [0.1, 0.15) is 5.69 Å². The molecule has 0 spiro atoms. The number of hydrogen-bond donors (Lipinski definition) is 1. The average molecular weight is 276 g/mol. The lowest BCUT2D eigenvalue weighted by Gasteiger charge is -2.26. The number of aromatic amines is 1. The standard InChI is InChI=1S/C18H16N2O/c1-12-7-8-16-15(11-12)14-9-10-20(18(21)17(14)19-16)13-5-3-2-4-6-13/h2-8,11,19H,9-10H2,1H3. The van der Waals surface area contributed by atoms with E-state index >= 15 is 0 Å². The Kier molecular flexibility index (Phi) is 2.61. The number of amides is 1. The van der Waals surface area contributed by atoms with Gasteiger partial charge in [0.25, 0.3) is 5.91 Å². The van der Waals surface area contributed by atoms with Crippen LogP contribution in [0, 0.1) is 6.92 Å². The number of aromatic nitrogens is 1. The first kappa shape index (κ1) is 12.2. The van der Waals surface area contributed by atoms with E-state index < -0.39 is 0 Å². The molecule has 2 heterocycles. The van der Waals surface area contributed by atoms with E-state index in [0.717, 1.165) is 35.4 Å². The van der Waals surface area contributed by atoms with Crippen LogP contribution in [0.25, 0.3) is 10.9 Å². The van der Waals surface area contributed by atoms with E-state index in [-0.39, 0.29) is 5.91 Å². The van der Waals surface area contributed by atoms with Gasteiger partial charge in [0.05, 0.1) is 0 Å². The number of hydrogen-bond acceptors (Lipinski definition) is 1. The van der Waals surface area contributed by atoms with E-state index in [1.165, 1.54) is 10.9 Å². The normalized spacial score (nSPS) is 14.5. The third-order valence-corrected chi connectivity index (χ3v) is 4.17. The lowest BCUT2D eigenvalue weighted by molar-refractivity contribution is 0.0976. The highest BCUT2D eigenvalue weighted by molar-refractivity contribution is 6.10. The quantitative estimate of drug-likeness (QED) is 0.723. The summed E-state index contributed by atoms with van der Waals surface area (Å²) in [5.41, 5.74) is 5.13. The van der Waals surface area contributed by atoms with Crippen molar-refractivity contribution >= 4 is 22.5 Å². The second kappa shape index (κ2) is 4.48. The topological polar surface area (TPSA) is 36.1 Å². The largest absolute Gasteiger partial charge is 0.350 e. The Balaban J connectivity index is 1.83. The van der Waals surface area contributed by atoms with Crippen LogP contribution in [0.15, 0.2) is 48.5 Å². The molecular formula is C18H16N2O. The molecule has 0 radical (unpaired) electrons. The van der Waals surface area contributed by atoms with Crippen molar-refractivity contribution in [3.8, 4) is 0 Å². The van der Waals surface area contributed by atoms with Crippen LogP contribution in [0.3, 0.4) is 0 Å². The number of benzene rings is 2. The molecule has 1 N–H and O–H groups in total. The van der Waals surface area contributed by atoms with Gasteiger partial charge >= 0.3 is 0 Å². The number of anilines is 1. The minimum absolute atomic E-state index is 0.0660. The third-order valence-electron chi connectivity index (χ3n) is 4.17. The number of para-hydroxylation sites is 1. The average Bonchev–Trinajstić information content (AvgIpc) is 2.87. The van der Waals surface area contributed by atoms with Gasteiger partial charge in [-0.2, -0.15) is 0 Å². The van der Waals surface area contributed by atoms with Crippen molar-refractivity contribution in [2.45, 2.75) is 13.3 Å². The molecule has 0 aliphatic carbocycles. The number of H-pyrrole nitrogens is 1. The predicted molar refractivity (Wildman–Crippen MR) is 84.9 cm³/mol. The Morgan fingerprint density at radius 1 is 1.10 bits per heavy atom. The Morgan fingerprint density at radius 3 is 2.71 bits per heavy atom. The Morgan fingerprint density at radius 2 is 1.90 bits per heavy atom. The molecule has 0 bridgehead atoms. The monoisotopic (exact) mass is 276 g/mol. The van der Waals surface area contributed by atoms with Crippen LogP contribution in [-0.2, 0) is 6.42 Å². The van der Waals surface area contributed by atoms with Crippen LogP contribution >= 0.6 is 0 Å². The maximum Gasteiger partial charge on any atom is 0.275 e. The number of carbonyl (C=O) groups is 1. The van der Waals surface area contributed by atoms with Crippen LogP contribution in [0.5, 0.6) is 0 Å². The fraction of sp³-hybridized carbons (Fsp3) is 0.167. The van der Waals surface area contributed by atoms with Crippen molar-refractivity contribution in [2.24, 2.45) is 0 Å². The smallest absolute Gasteiger partial charge is 0.275 e. The maximum atomic E-state index is 12.8. The fourth-order valence-corrected chi connectivity index (χ4v) is 3.12. The van der Waals surface area contributed by atoms with E-state index in [9.17, 15) is 4.79 Å². The van der Waals surface area contributed by atoms with Gasteiger partial charge < -0.3 is 9.88 Å². The van der Waals surface area contributed by atoms with Crippen molar-refractivity contribution < 1.29 is 4.79 Å². The number of rotatable bonds is 1. The highest BCUT2D eigenvalue weighted by Crippen LogP contribution is 2.30. The van der Waals surface area contributed by atoms with E-state index in [1.54, 1.807) is 0 Å². The van der Waals surface area contributed by atoms with Crippen molar-refractivity contribution in [1.29, 1.82) is 0 Å². The summed E-state index contributed by atoms with van der Waals surface area (Å²) in [4.78, 5) is 17.9. The molecule has 21 heavy (non-hydrogen) atoms. The summed E-state index contributed by atoms with van der Waals surface area (Å²) in [6.07, 6.45) is 0.888. The van der Waals surface area contributed by atoms with Crippen LogP contribution in [0.4, 0.5) is 5.69 Å². The molecule has 0 saturated carbocycles. The Labute approximate surface area is 123 Å². The molecule has 3 nitrogen and oxygen atoms in total. The Hall–Kier alpha value is -2.55. The number of nitrogens with one attached hydrogen (secondary N) is 1. The van der Waals surface area contributed by atoms with Crippen LogP contribution in [0.2, 0.25) is 0 Å². The third kappa shape index (κ3) is 1.85. The zero-order valence-electron chi connectivity index (χ0n) is 11.9. The van der Waals surface area contributed by atoms with Crippen LogP contribution < -0.4 is 4.90 Å². The number of fused-ring (bicyclic) bond motifs is 3. The van der Waals surface area contributed by atoms with Gasteiger partial charge in [0, 0.05) is 23.1 Å². The molecule has 0 fully saturated rings. The zero-order valence-corrected chi connectivity index (χ0v) is 11.9. The summed E-state index contributed by atoms with van der Waals surface area (Å²) in [7, 11) is 0. The molecular weight excluding hydrogens is 260 g/mol. The number of aryl methyl sites for hydroxylation is 1. The molecule has 0 saturated heterocycles. The van der Waals surface area contributed by atoms with Crippen LogP contribution in [0.1, 0.15) is 21.6 Å². The van der Waals surface area contributed by atoms with Gasteiger partial charge in [-0.3, -0.25) is 4.79 Å². The first-order chi connectivity index (χ1) is 10.2. The van der Waals surface area contributed by atoms with Crippen molar-refractivity contribution in [2.75, 3.05) is 11.4 Å². The molecule has 1 aliphatic heterocycles. The van der Waals surface area contributed by atoms with E-state index in [4.69, 9.17) is 0 Å². The molecule has 1 aromatic heterocycles. The molecule has 0 atom stereocenters. The first-order valence-corrected chi connectivity index (χ1v) is 7.22. The minimum atomic E-state index is 0.0660. The predicted octanol–water partition coefficient (Wildman–Crippen LogP) is 3.68. The van der Waals surface area contributed by atoms with Gasteiger partial charge in [0.2, 0.25) is 0 Å². The van der Waals surface area contributed by atoms with Gasteiger partial charge in [-0.25, -0.2) is 0 Å². The van der Waals surface area contributed by atoms with Gasteiger partial charge in [-0.15, -0.1) is 0 Å². The number of nitrogens with zero attached hydrogens (tertiary/aromatic N) is 1. The van der Waals surface area contributed by atoms with Gasteiger partial charge in [-0.05, 0) is 43.2 Å². The summed E-state index contributed by atoms with van der Waals surface area (Å²) in [5, 5.41) is 1.19. The summed E-state index contributed by atoms with van der Waals surface area (Å²) in [5.74, 6) is 0.0660. The summed E-state index contributed by atoms with van der Waals surface area (Å²) in [6.45, 7) is 2.82. The summed E-state index contributed by atoms with van der Waals surface area (Å²) in [6, 6.07) is 16.2. The van der Waals surface area contributed by atoms with Crippen molar-refractivity contribution in [3.63, 3.8) is 0 Å². The van der Waals surface area contributed by atoms with Crippen molar-refractivity contribution in [3.05, 3.63) is 65.4 Å². The molecule has 2 aromatic carbocycles. The Bertz CT molecular complexity index is 833. The molecule has 1 amide bonds. The SMILES string of the molecule is Cc1ccc2[nH]c3c(c2c1)CCN(c1ccccc1)C3=O. The highest BCUT2D eigenvalue weighted by atomic mass is 16.2. The minimum Gasteiger partial charge on any atom is -0.350 e. The van der Waals surface area contributed by atoms with E-state index in [0.29, 0.717) is 0 Å². The second-order valence-electron chi connectivity index (χ2n) is 5.57. The molecule has 0 unspecified atom stereocenters.